The number of hydrogen-bond donors (Lipinski definition) is 3. The molecule has 2 aliphatic rings. The van der Waals surface area contributed by atoms with Gasteiger partial charge in [-0.1, -0.05) is 6.92 Å². The van der Waals surface area contributed by atoms with E-state index in [9.17, 15) is 31.1 Å². The number of aromatic amines is 1. The van der Waals surface area contributed by atoms with Gasteiger partial charge in [0.15, 0.2) is 5.69 Å². The number of aromatic nitrogens is 2. The molecule has 11 nitrogen and oxygen atoms in total. The van der Waals surface area contributed by atoms with Gasteiger partial charge >= 0.3 is 24.3 Å². The normalized spacial score (nSPS) is 16.2. The average Bonchev–Trinajstić information content (AvgIpc) is 3.50. The van der Waals surface area contributed by atoms with E-state index in [-0.39, 0.29) is 5.91 Å². The Balaban J connectivity index is 0.000000333. The number of alkyl halides is 6. The number of H-pyrrole nitrogens is 1. The Bertz CT molecular complexity index is 1130. The van der Waals surface area contributed by atoms with Crippen LogP contribution in [-0.2, 0) is 35.5 Å². The lowest BCUT2D eigenvalue weighted by atomic mass is 10.0. The largest absolute Gasteiger partial charge is 0.490 e. The summed E-state index contributed by atoms with van der Waals surface area (Å²) >= 11 is 0. The number of aryl methyl sites for hydroxylation is 1. The second-order valence-corrected chi connectivity index (χ2v) is 8.91. The summed E-state index contributed by atoms with van der Waals surface area (Å²) in [6.45, 7) is 7.93. The molecule has 1 amide bonds. The van der Waals surface area contributed by atoms with E-state index in [0.29, 0.717) is 5.69 Å². The number of fused-ring (bicyclic) bond motifs is 1. The number of nitrogens with one attached hydrogen (secondary N) is 1. The summed E-state index contributed by atoms with van der Waals surface area (Å²) in [5.41, 5.74) is 2.76. The molecule has 17 heteroatoms. The van der Waals surface area contributed by atoms with E-state index in [1.165, 1.54) is 0 Å². The molecule has 40 heavy (non-hydrogen) atoms. The first kappa shape index (κ1) is 32.6. The van der Waals surface area contributed by atoms with Gasteiger partial charge in [-0.3, -0.25) is 14.8 Å². The van der Waals surface area contributed by atoms with Crippen LogP contribution in [-0.4, -0.2) is 105 Å². The van der Waals surface area contributed by atoms with Gasteiger partial charge in [0.25, 0.3) is 5.91 Å². The van der Waals surface area contributed by atoms with Crippen LogP contribution in [0.2, 0.25) is 0 Å². The first-order valence-corrected chi connectivity index (χ1v) is 12.0. The maximum atomic E-state index is 12.9. The number of piperazine rings is 1. The third kappa shape index (κ3) is 9.55. The Morgan fingerprint density at radius 2 is 1.48 bits per heavy atom. The van der Waals surface area contributed by atoms with Crippen LogP contribution in [0.1, 0.15) is 40.2 Å². The lowest BCUT2D eigenvalue weighted by Gasteiger charge is -2.32. The minimum Gasteiger partial charge on any atom is -0.475 e. The van der Waals surface area contributed by atoms with Crippen LogP contribution in [0.15, 0.2) is 16.5 Å². The Morgan fingerprint density at radius 3 is 1.95 bits per heavy atom. The van der Waals surface area contributed by atoms with Crippen LogP contribution in [0.25, 0.3) is 0 Å². The second kappa shape index (κ2) is 13.6. The quantitative estimate of drug-likeness (QED) is 0.462. The summed E-state index contributed by atoms with van der Waals surface area (Å²) in [6.07, 6.45) is -8.37. The van der Waals surface area contributed by atoms with Crippen molar-refractivity contribution in [2.45, 2.75) is 45.2 Å². The molecule has 2 aliphatic heterocycles. The van der Waals surface area contributed by atoms with Crippen molar-refractivity contribution in [2.24, 2.45) is 0 Å². The van der Waals surface area contributed by atoms with Crippen molar-refractivity contribution in [1.82, 2.24) is 24.9 Å². The maximum Gasteiger partial charge on any atom is 0.490 e. The van der Waals surface area contributed by atoms with Gasteiger partial charge in [-0.2, -0.15) is 31.4 Å². The Labute approximate surface area is 224 Å². The van der Waals surface area contributed by atoms with E-state index >= 15 is 0 Å². The molecule has 0 aliphatic carbocycles. The SMILES string of the molecule is CCc1ccc(CN2CCc3[nH]nc(C(=O)N4CCN(C)CC4)c3C2)o1.O=C(O)C(F)(F)F.O=C(O)C(F)(F)F. The smallest absolute Gasteiger partial charge is 0.475 e. The highest BCUT2D eigenvalue weighted by atomic mass is 19.4. The van der Waals surface area contributed by atoms with Crippen LogP contribution in [0.3, 0.4) is 0 Å². The first-order valence-electron chi connectivity index (χ1n) is 12.0. The second-order valence-electron chi connectivity index (χ2n) is 8.91. The topological polar surface area (TPSA) is 143 Å². The summed E-state index contributed by atoms with van der Waals surface area (Å²) in [5.74, 6) is -3.45. The molecule has 4 heterocycles. The summed E-state index contributed by atoms with van der Waals surface area (Å²) in [7, 11) is 2.09. The summed E-state index contributed by atoms with van der Waals surface area (Å²) in [6, 6.07) is 4.10. The molecule has 3 N–H and O–H groups in total. The molecule has 1 saturated heterocycles. The Kier molecular flexibility index (Phi) is 11.1. The summed E-state index contributed by atoms with van der Waals surface area (Å²) in [5, 5.41) is 21.7. The molecule has 2 aromatic rings. The number of likely N-dealkylation sites (N-methyl/N-ethyl adjacent to an activating group) is 1. The van der Waals surface area contributed by atoms with Crippen LogP contribution in [0, 0.1) is 0 Å². The van der Waals surface area contributed by atoms with E-state index in [1.54, 1.807) is 0 Å². The number of nitrogens with zero attached hydrogens (tertiary/aromatic N) is 4. The minimum atomic E-state index is -5.08. The van der Waals surface area contributed by atoms with Crippen molar-refractivity contribution >= 4 is 17.8 Å². The van der Waals surface area contributed by atoms with Gasteiger partial charge in [0.1, 0.15) is 11.5 Å². The molecule has 0 unspecified atom stereocenters. The fourth-order valence-electron chi connectivity index (χ4n) is 3.74. The lowest BCUT2D eigenvalue weighted by Crippen LogP contribution is -2.47. The number of amides is 1. The van der Waals surface area contributed by atoms with E-state index in [4.69, 9.17) is 24.2 Å². The predicted molar refractivity (Wildman–Crippen MR) is 125 cm³/mol. The zero-order valence-electron chi connectivity index (χ0n) is 21.6. The van der Waals surface area contributed by atoms with Gasteiger partial charge in [-0.05, 0) is 19.2 Å². The number of carbonyl (C=O) groups is 3. The average molecular weight is 586 g/mol. The lowest BCUT2D eigenvalue weighted by molar-refractivity contribution is -0.193. The zero-order chi connectivity index (χ0) is 30.3. The van der Waals surface area contributed by atoms with Crippen LogP contribution in [0.4, 0.5) is 26.3 Å². The number of halogens is 6. The van der Waals surface area contributed by atoms with Crippen LogP contribution >= 0.6 is 0 Å². The van der Waals surface area contributed by atoms with Gasteiger partial charge in [0, 0.05) is 63.4 Å². The highest BCUT2D eigenvalue weighted by molar-refractivity contribution is 5.94. The van der Waals surface area contributed by atoms with Gasteiger partial charge in [0.2, 0.25) is 0 Å². The number of furan rings is 1. The third-order valence-corrected chi connectivity index (χ3v) is 5.94. The molecular formula is C23H29F6N5O6. The molecule has 0 atom stereocenters. The van der Waals surface area contributed by atoms with Crippen molar-refractivity contribution in [3.63, 3.8) is 0 Å². The fraction of sp³-hybridized carbons (Fsp3) is 0.565. The van der Waals surface area contributed by atoms with E-state index in [0.717, 1.165) is 81.4 Å². The van der Waals surface area contributed by atoms with Gasteiger partial charge < -0.3 is 24.4 Å². The van der Waals surface area contributed by atoms with Crippen molar-refractivity contribution in [3.8, 4) is 0 Å². The molecule has 4 rings (SSSR count). The number of rotatable bonds is 4. The van der Waals surface area contributed by atoms with E-state index < -0.39 is 24.3 Å². The zero-order valence-corrected chi connectivity index (χ0v) is 21.6. The number of hydrogen-bond acceptors (Lipinski definition) is 7. The van der Waals surface area contributed by atoms with E-state index in [1.807, 2.05) is 11.0 Å². The van der Waals surface area contributed by atoms with Crippen molar-refractivity contribution in [2.75, 3.05) is 39.8 Å². The molecule has 0 aromatic carbocycles. The third-order valence-electron chi connectivity index (χ3n) is 5.94. The number of carboxylic acid groups (broad SMARTS) is 2. The van der Waals surface area contributed by atoms with Crippen molar-refractivity contribution in [3.05, 3.63) is 40.6 Å². The molecule has 1 fully saturated rings. The number of carbonyl (C=O) groups excluding carboxylic acids is 1. The fourth-order valence-corrected chi connectivity index (χ4v) is 3.74. The van der Waals surface area contributed by atoms with Crippen molar-refractivity contribution < 1.29 is 55.4 Å². The Morgan fingerprint density at radius 1 is 0.950 bits per heavy atom. The molecule has 224 valence electrons. The predicted octanol–water partition coefficient (Wildman–Crippen LogP) is 2.78. The monoisotopic (exact) mass is 585 g/mol. The summed E-state index contributed by atoms with van der Waals surface area (Å²) in [4.78, 5) is 37.2. The molecule has 0 bridgehead atoms. The number of carboxylic acids is 2. The van der Waals surface area contributed by atoms with Crippen molar-refractivity contribution in [1.29, 1.82) is 0 Å². The number of aliphatic carboxylic acids is 2. The molecule has 0 radical (unpaired) electrons. The summed E-state index contributed by atoms with van der Waals surface area (Å²) < 4.78 is 69.3. The van der Waals surface area contributed by atoms with Crippen LogP contribution < -0.4 is 0 Å². The van der Waals surface area contributed by atoms with E-state index in [2.05, 4.69) is 40.0 Å². The van der Waals surface area contributed by atoms with Crippen LogP contribution in [0.5, 0.6) is 0 Å². The highest BCUT2D eigenvalue weighted by Gasteiger charge is 2.39. The van der Waals surface area contributed by atoms with Gasteiger partial charge in [0.05, 0.1) is 6.54 Å². The minimum absolute atomic E-state index is 0.0590. The highest BCUT2D eigenvalue weighted by Crippen LogP contribution is 2.24. The molecular weight excluding hydrogens is 556 g/mol. The van der Waals surface area contributed by atoms with Gasteiger partial charge in [-0.25, -0.2) is 9.59 Å². The first-order chi connectivity index (χ1) is 18.5. The standard InChI is InChI=1S/C19H27N5O2.2C2HF3O2/c1-3-14-4-5-15(26-14)12-23-7-6-17-16(13-23)18(21-20-17)19(25)24-10-8-22(2)9-11-24;2*3-2(4,5)1(6)7/h4-5H,3,6-13H2,1-2H3,(H,20,21);2*(H,6,7). The molecule has 0 spiro atoms. The van der Waals surface area contributed by atoms with Gasteiger partial charge in [-0.15, -0.1) is 0 Å². The Hall–Kier alpha value is -3.60. The molecule has 2 aromatic heterocycles. The molecule has 0 saturated carbocycles. The maximum absolute atomic E-state index is 12.9.